The number of nitrogen functional groups attached to an aromatic ring is 1. The Labute approximate surface area is 100 Å². The van der Waals surface area contributed by atoms with Crippen molar-refractivity contribution in [2.75, 3.05) is 5.73 Å². The van der Waals surface area contributed by atoms with Crippen molar-refractivity contribution in [1.82, 2.24) is 9.97 Å². The number of rotatable bonds is 3. The molecule has 1 atom stereocenters. The first-order chi connectivity index (χ1) is 8.16. The monoisotopic (exact) mass is 229 g/mol. The van der Waals surface area contributed by atoms with Gasteiger partial charge < -0.3 is 10.8 Å². The van der Waals surface area contributed by atoms with Crippen molar-refractivity contribution in [2.24, 2.45) is 0 Å². The van der Waals surface area contributed by atoms with Crippen molar-refractivity contribution in [1.29, 1.82) is 0 Å². The molecule has 0 saturated heterocycles. The third kappa shape index (κ3) is 2.79. The molecule has 0 radical (unpaired) electrons. The van der Waals surface area contributed by atoms with Crippen LogP contribution in [0.4, 0.5) is 5.69 Å². The zero-order valence-electron chi connectivity index (χ0n) is 9.67. The maximum atomic E-state index is 10.1. The maximum absolute atomic E-state index is 10.1. The Bertz CT molecular complexity index is 496. The Morgan fingerprint density at radius 1 is 1.29 bits per heavy atom. The van der Waals surface area contributed by atoms with Gasteiger partial charge in [-0.1, -0.05) is 6.07 Å². The van der Waals surface area contributed by atoms with Crippen LogP contribution in [0.3, 0.4) is 0 Å². The van der Waals surface area contributed by atoms with Gasteiger partial charge in [0.2, 0.25) is 0 Å². The van der Waals surface area contributed by atoms with Crippen LogP contribution in [0.5, 0.6) is 0 Å². The van der Waals surface area contributed by atoms with Gasteiger partial charge in [0.1, 0.15) is 0 Å². The second-order valence-corrected chi connectivity index (χ2v) is 4.03. The summed E-state index contributed by atoms with van der Waals surface area (Å²) in [6.45, 7) is 1.91. The number of pyridine rings is 2. The van der Waals surface area contributed by atoms with E-state index in [9.17, 15) is 5.11 Å². The number of nitrogens with two attached hydrogens (primary N) is 1. The molecule has 4 nitrogen and oxygen atoms in total. The predicted octanol–water partition coefficient (Wildman–Crippen LogP) is 1.64. The van der Waals surface area contributed by atoms with Crippen LogP contribution < -0.4 is 5.73 Å². The highest BCUT2D eigenvalue weighted by atomic mass is 16.3. The lowest BCUT2D eigenvalue weighted by atomic mass is 10.0. The van der Waals surface area contributed by atoms with Gasteiger partial charge in [0, 0.05) is 36.4 Å². The van der Waals surface area contributed by atoms with Gasteiger partial charge >= 0.3 is 0 Å². The van der Waals surface area contributed by atoms with E-state index in [1.54, 1.807) is 24.7 Å². The summed E-state index contributed by atoms with van der Waals surface area (Å²) < 4.78 is 0. The lowest BCUT2D eigenvalue weighted by Crippen LogP contribution is -2.05. The quantitative estimate of drug-likeness (QED) is 0.839. The molecule has 0 fully saturated rings. The van der Waals surface area contributed by atoms with Crippen molar-refractivity contribution in [3.63, 3.8) is 0 Å². The van der Waals surface area contributed by atoms with E-state index in [-0.39, 0.29) is 0 Å². The lowest BCUT2D eigenvalue weighted by molar-refractivity contribution is 0.178. The van der Waals surface area contributed by atoms with Gasteiger partial charge in [-0.3, -0.25) is 9.97 Å². The maximum Gasteiger partial charge on any atom is 0.0846 e. The third-order valence-corrected chi connectivity index (χ3v) is 2.67. The lowest BCUT2D eigenvalue weighted by Gasteiger charge is -2.12. The van der Waals surface area contributed by atoms with Gasteiger partial charge in [0.25, 0.3) is 0 Å². The molecule has 2 aromatic heterocycles. The van der Waals surface area contributed by atoms with Crippen molar-refractivity contribution in [3.05, 3.63) is 53.6 Å². The van der Waals surface area contributed by atoms with Crippen LogP contribution in [-0.4, -0.2) is 15.1 Å². The Kier molecular flexibility index (Phi) is 3.35. The molecule has 2 rings (SSSR count). The second-order valence-electron chi connectivity index (χ2n) is 4.03. The summed E-state index contributed by atoms with van der Waals surface area (Å²) in [5.74, 6) is 0. The third-order valence-electron chi connectivity index (χ3n) is 2.67. The molecule has 0 bridgehead atoms. The largest absolute Gasteiger partial charge is 0.398 e. The van der Waals surface area contributed by atoms with Gasteiger partial charge in [-0.25, -0.2) is 0 Å². The average molecular weight is 229 g/mol. The smallest absolute Gasteiger partial charge is 0.0846 e. The van der Waals surface area contributed by atoms with E-state index in [1.807, 2.05) is 19.1 Å². The first kappa shape index (κ1) is 11.5. The van der Waals surface area contributed by atoms with Crippen molar-refractivity contribution >= 4 is 5.69 Å². The molecule has 0 saturated carbocycles. The summed E-state index contributed by atoms with van der Waals surface area (Å²) in [6, 6.07) is 5.49. The van der Waals surface area contributed by atoms with Crippen LogP contribution in [0.2, 0.25) is 0 Å². The number of nitrogens with zero attached hydrogens (tertiary/aromatic N) is 2. The molecule has 1 unspecified atom stereocenters. The number of hydrogen-bond donors (Lipinski definition) is 2. The van der Waals surface area contributed by atoms with Crippen LogP contribution in [-0.2, 0) is 6.42 Å². The average Bonchev–Trinajstić information content (AvgIpc) is 2.33. The van der Waals surface area contributed by atoms with Crippen molar-refractivity contribution in [2.45, 2.75) is 19.4 Å². The zero-order valence-corrected chi connectivity index (χ0v) is 9.67. The Morgan fingerprint density at radius 2 is 2.12 bits per heavy atom. The molecule has 3 N–H and O–H groups in total. The standard InChI is InChI=1S/C13H15N3O/c1-9-2-3-10(8-16-9)13(17)6-11-7-15-5-4-12(11)14/h2-5,7-8,13,17H,6H2,1H3,(H2,14,15). The molecule has 0 aromatic carbocycles. The predicted molar refractivity (Wildman–Crippen MR) is 66.3 cm³/mol. The van der Waals surface area contributed by atoms with Crippen LogP contribution >= 0.6 is 0 Å². The first-order valence-corrected chi connectivity index (χ1v) is 5.46. The van der Waals surface area contributed by atoms with E-state index < -0.39 is 6.10 Å². The second kappa shape index (κ2) is 4.93. The van der Waals surface area contributed by atoms with E-state index in [2.05, 4.69) is 9.97 Å². The number of hydrogen-bond acceptors (Lipinski definition) is 4. The first-order valence-electron chi connectivity index (χ1n) is 5.46. The van der Waals surface area contributed by atoms with Crippen LogP contribution in [0.25, 0.3) is 0 Å². The minimum absolute atomic E-state index is 0.449. The minimum atomic E-state index is -0.602. The summed E-state index contributed by atoms with van der Waals surface area (Å²) in [5, 5.41) is 10.1. The van der Waals surface area contributed by atoms with Crippen LogP contribution in [0, 0.1) is 6.92 Å². The van der Waals surface area contributed by atoms with E-state index in [1.165, 1.54) is 0 Å². The number of aryl methyl sites for hydroxylation is 1. The Balaban J connectivity index is 2.14. The SMILES string of the molecule is Cc1ccc(C(O)Cc2cnccc2N)cn1. The van der Waals surface area contributed by atoms with Gasteiger partial charge in [0.05, 0.1) is 6.10 Å². The highest BCUT2D eigenvalue weighted by molar-refractivity contribution is 5.44. The highest BCUT2D eigenvalue weighted by Crippen LogP contribution is 2.20. The number of aliphatic hydroxyl groups excluding tert-OH is 1. The molecular weight excluding hydrogens is 214 g/mol. The van der Waals surface area contributed by atoms with E-state index in [4.69, 9.17) is 5.73 Å². The topological polar surface area (TPSA) is 72.0 Å². The highest BCUT2D eigenvalue weighted by Gasteiger charge is 2.10. The van der Waals surface area contributed by atoms with Gasteiger partial charge in [0.15, 0.2) is 0 Å². The molecular formula is C13H15N3O. The van der Waals surface area contributed by atoms with Crippen LogP contribution in [0.15, 0.2) is 36.8 Å². The Morgan fingerprint density at radius 3 is 2.76 bits per heavy atom. The summed E-state index contributed by atoms with van der Waals surface area (Å²) >= 11 is 0. The normalized spacial score (nSPS) is 12.4. The number of anilines is 1. The molecule has 2 heterocycles. The molecule has 0 aliphatic rings. The molecule has 4 heteroatoms. The fraction of sp³-hybridized carbons (Fsp3) is 0.231. The summed E-state index contributed by atoms with van der Waals surface area (Å²) in [5.41, 5.74) is 9.03. The van der Waals surface area contributed by atoms with Crippen molar-refractivity contribution in [3.8, 4) is 0 Å². The fourth-order valence-electron chi connectivity index (χ4n) is 1.61. The summed E-state index contributed by atoms with van der Waals surface area (Å²) in [6.07, 6.45) is 4.85. The zero-order chi connectivity index (χ0) is 12.3. The van der Waals surface area contributed by atoms with Gasteiger partial charge in [-0.15, -0.1) is 0 Å². The van der Waals surface area contributed by atoms with Crippen molar-refractivity contribution < 1.29 is 5.11 Å². The van der Waals surface area contributed by atoms with Gasteiger partial charge in [-0.2, -0.15) is 0 Å². The summed E-state index contributed by atoms with van der Waals surface area (Å²) in [7, 11) is 0. The molecule has 88 valence electrons. The molecule has 0 spiro atoms. The fourth-order valence-corrected chi connectivity index (χ4v) is 1.61. The molecule has 2 aromatic rings. The molecule has 17 heavy (non-hydrogen) atoms. The molecule has 0 aliphatic heterocycles. The van der Waals surface area contributed by atoms with E-state index >= 15 is 0 Å². The Hall–Kier alpha value is -1.94. The minimum Gasteiger partial charge on any atom is -0.398 e. The van der Waals surface area contributed by atoms with Gasteiger partial charge in [-0.05, 0) is 30.2 Å². The van der Waals surface area contributed by atoms with E-state index in [0.717, 1.165) is 16.8 Å². The molecule has 0 aliphatic carbocycles. The molecule has 0 amide bonds. The number of aromatic nitrogens is 2. The number of aliphatic hydroxyl groups is 1. The van der Waals surface area contributed by atoms with Crippen LogP contribution in [0.1, 0.15) is 22.9 Å². The summed E-state index contributed by atoms with van der Waals surface area (Å²) in [4.78, 5) is 8.16. The van der Waals surface area contributed by atoms with E-state index in [0.29, 0.717) is 12.1 Å².